The van der Waals surface area contributed by atoms with Gasteiger partial charge in [0.15, 0.2) is 6.17 Å². The van der Waals surface area contributed by atoms with Crippen LogP contribution in [-0.4, -0.2) is 19.3 Å². The first kappa shape index (κ1) is 10.5. The first-order valence-corrected chi connectivity index (χ1v) is 4.96. The quantitative estimate of drug-likeness (QED) is 0.636. The molecule has 0 aromatic heterocycles. The number of rotatable bonds is 3. The highest BCUT2D eigenvalue weighted by Crippen LogP contribution is 2.28. The molecule has 0 aliphatic heterocycles. The van der Waals surface area contributed by atoms with E-state index >= 15 is 0 Å². The molecule has 1 rings (SSSR count). The normalized spacial score (nSPS) is 21.1. The van der Waals surface area contributed by atoms with Crippen LogP contribution in [0.4, 0.5) is 4.39 Å². The van der Waals surface area contributed by atoms with Crippen molar-refractivity contribution in [2.45, 2.75) is 44.7 Å². The monoisotopic (exact) mass is 188 g/mol. The number of methoxy groups -OCH3 is 1. The van der Waals surface area contributed by atoms with E-state index < -0.39 is 12.1 Å². The summed E-state index contributed by atoms with van der Waals surface area (Å²) in [4.78, 5) is 10.8. The maximum Gasteiger partial charge on any atom is 0.340 e. The number of carbonyl (C=O) groups is 1. The molecule has 1 aliphatic carbocycles. The molecule has 1 unspecified atom stereocenters. The summed E-state index contributed by atoms with van der Waals surface area (Å²) in [5, 5.41) is 0. The van der Waals surface area contributed by atoms with Gasteiger partial charge in [0.1, 0.15) is 0 Å². The molecule has 0 bridgehead atoms. The summed E-state index contributed by atoms with van der Waals surface area (Å²) >= 11 is 0. The zero-order chi connectivity index (χ0) is 9.68. The Labute approximate surface area is 78.5 Å². The van der Waals surface area contributed by atoms with Crippen LogP contribution in [0, 0.1) is 5.92 Å². The highest BCUT2D eigenvalue weighted by Gasteiger charge is 2.24. The van der Waals surface area contributed by atoms with Crippen molar-refractivity contribution in [3.63, 3.8) is 0 Å². The molecule has 0 aromatic rings. The fourth-order valence-electron chi connectivity index (χ4n) is 1.94. The van der Waals surface area contributed by atoms with Crippen molar-refractivity contribution in [3.8, 4) is 0 Å². The second-order valence-electron chi connectivity index (χ2n) is 3.73. The summed E-state index contributed by atoms with van der Waals surface area (Å²) in [5.41, 5.74) is 0. The Morgan fingerprint density at radius 3 is 2.62 bits per heavy atom. The van der Waals surface area contributed by atoms with Crippen LogP contribution in [-0.2, 0) is 9.53 Å². The van der Waals surface area contributed by atoms with Gasteiger partial charge in [-0.2, -0.15) is 0 Å². The van der Waals surface area contributed by atoms with Crippen molar-refractivity contribution in [3.05, 3.63) is 0 Å². The molecule has 3 heteroatoms. The minimum atomic E-state index is -1.41. The van der Waals surface area contributed by atoms with E-state index in [1.54, 1.807) is 0 Å². The molecule has 1 atom stereocenters. The van der Waals surface area contributed by atoms with Crippen LogP contribution in [0.15, 0.2) is 0 Å². The summed E-state index contributed by atoms with van der Waals surface area (Å²) in [6, 6.07) is 0. The highest BCUT2D eigenvalue weighted by atomic mass is 19.1. The third-order valence-corrected chi connectivity index (χ3v) is 2.72. The summed E-state index contributed by atoms with van der Waals surface area (Å²) in [5.74, 6) is -0.326. The van der Waals surface area contributed by atoms with Crippen molar-refractivity contribution in [2.24, 2.45) is 5.92 Å². The fraction of sp³-hybridized carbons (Fsp3) is 0.900. The molecule has 1 fully saturated rings. The Morgan fingerprint density at radius 2 is 2.08 bits per heavy atom. The predicted octanol–water partition coefficient (Wildman–Crippen LogP) is 2.47. The maximum atomic E-state index is 13.1. The van der Waals surface area contributed by atoms with Crippen molar-refractivity contribution in [1.29, 1.82) is 0 Å². The lowest BCUT2D eigenvalue weighted by Crippen LogP contribution is -2.22. The number of carbonyl (C=O) groups excluding carboxylic acids is 1. The number of hydrogen-bond acceptors (Lipinski definition) is 2. The van der Waals surface area contributed by atoms with Crippen molar-refractivity contribution >= 4 is 5.97 Å². The van der Waals surface area contributed by atoms with Gasteiger partial charge < -0.3 is 4.74 Å². The van der Waals surface area contributed by atoms with Gasteiger partial charge in [-0.3, -0.25) is 0 Å². The maximum absolute atomic E-state index is 13.1. The molecule has 0 saturated heterocycles. The average Bonchev–Trinajstić information content (AvgIpc) is 2.18. The first-order chi connectivity index (χ1) is 6.24. The van der Waals surface area contributed by atoms with E-state index in [1.807, 2.05) is 0 Å². The van der Waals surface area contributed by atoms with Gasteiger partial charge >= 0.3 is 5.97 Å². The van der Waals surface area contributed by atoms with E-state index in [0.717, 1.165) is 12.8 Å². The molecule has 13 heavy (non-hydrogen) atoms. The SMILES string of the molecule is COC(=O)C(F)CC1CCCCC1. The Balaban J connectivity index is 2.25. The zero-order valence-electron chi connectivity index (χ0n) is 8.09. The van der Waals surface area contributed by atoms with Crippen LogP contribution < -0.4 is 0 Å². The molecule has 2 nitrogen and oxygen atoms in total. The molecule has 0 N–H and O–H groups in total. The van der Waals surface area contributed by atoms with Crippen LogP contribution >= 0.6 is 0 Å². The summed E-state index contributed by atoms with van der Waals surface area (Å²) in [7, 11) is 1.23. The van der Waals surface area contributed by atoms with Gasteiger partial charge in [0, 0.05) is 0 Å². The number of alkyl halides is 1. The first-order valence-electron chi connectivity index (χ1n) is 4.96. The third-order valence-electron chi connectivity index (χ3n) is 2.72. The Bertz CT molecular complexity index is 164. The van der Waals surface area contributed by atoms with E-state index in [4.69, 9.17) is 0 Å². The molecule has 0 radical (unpaired) electrons. The van der Waals surface area contributed by atoms with Crippen LogP contribution in [0.1, 0.15) is 38.5 Å². The van der Waals surface area contributed by atoms with Crippen LogP contribution in [0.3, 0.4) is 0 Å². The molecule has 0 aromatic carbocycles. The van der Waals surface area contributed by atoms with Crippen molar-refractivity contribution in [1.82, 2.24) is 0 Å². The smallest absolute Gasteiger partial charge is 0.340 e. The van der Waals surface area contributed by atoms with Gasteiger partial charge in [0.25, 0.3) is 0 Å². The van der Waals surface area contributed by atoms with Gasteiger partial charge in [0.05, 0.1) is 7.11 Å². The lowest BCUT2D eigenvalue weighted by Gasteiger charge is -2.22. The van der Waals surface area contributed by atoms with Gasteiger partial charge in [0.2, 0.25) is 0 Å². The van der Waals surface area contributed by atoms with Crippen LogP contribution in [0.2, 0.25) is 0 Å². The predicted molar refractivity (Wildman–Crippen MR) is 48.1 cm³/mol. The fourth-order valence-corrected chi connectivity index (χ4v) is 1.94. The largest absolute Gasteiger partial charge is 0.467 e. The molecule has 0 amide bonds. The molecule has 0 heterocycles. The molecular weight excluding hydrogens is 171 g/mol. The number of hydrogen-bond donors (Lipinski definition) is 0. The Kier molecular flexibility index (Phi) is 4.19. The topological polar surface area (TPSA) is 26.3 Å². The van der Waals surface area contributed by atoms with E-state index in [-0.39, 0.29) is 0 Å². The molecule has 0 spiro atoms. The lowest BCUT2D eigenvalue weighted by molar-refractivity contribution is -0.147. The standard InChI is InChI=1S/C10H17FO2/c1-13-10(12)9(11)7-8-5-3-2-4-6-8/h8-9H,2-7H2,1H3. The minimum absolute atomic E-state index is 0.354. The number of esters is 1. The minimum Gasteiger partial charge on any atom is -0.467 e. The third kappa shape index (κ3) is 3.33. The highest BCUT2D eigenvalue weighted by molar-refractivity contribution is 5.74. The van der Waals surface area contributed by atoms with Gasteiger partial charge in [-0.05, 0) is 12.3 Å². The number of halogens is 1. The van der Waals surface area contributed by atoms with Crippen molar-refractivity contribution in [2.75, 3.05) is 7.11 Å². The number of ether oxygens (including phenoxy) is 1. The summed E-state index contributed by atoms with van der Waals surface area (Å²) < 4.78 is 17.4. The van der Waals surface area contributed by atoms with E-state index in [2.05, 4.69) is 4.74 Å². The van der Waals surface area contributed by atoms with Gasteiger partial charge in [-0.25, -0.2) is 9.18 Å². The van der Waals surface area contributed by atoms with Gasteiger partial charge in [-0.1, -0.05) is 32.1 Å². The van der Waals surface area contributed by atoms with E-state index in [0.29, 0.717) is 12.3 Å². The lowest BCUT2D eigenvalue weighted by atomic mass is 9.86. The Morgan fingerprint density at radius 1 is 1.46 bits per heavy atom. The molecule has 76 valence electrons. The zero-order valence-corrected chi connectivity index (χ0v) is 8.09. The van der Waals surface area contributed by atoms with E-state index in [9.17, 15) is 9.18 Å². The Hall–Kier alpha value is -0.600. The summed E-state index contributed by atoms with van der Waals surface area (Å²) in [6.45, 7) is 0. The molecule has 1 saturated carbocycles. The molecule has 1 aliphatic rings. The summed E-state index contributed by atoms with van der Waals surface area (Å²) in [6.07, 6.45) is 4.69. The van der Waals surface area contributed by atoms with Crippen LogP contribution in [0.25, 0.3) is 0 Å². The second-order valence-corrected chi connectivity index (χ2v) is 3.73. The second kappa shape index (κ2) is 5.20. The van der Waals surface area contributed by atoms with Gasteiger partial charge in [-0.15, -0.1) is 0 Å². The van der Waals surface area contributed by atoms with E-state index in [1.165, 1.54) is 26.4 Å². The average molecular weight is 188 g/mol. The molecular formula is C10H17FO2. The van der Waals surface area contributed by atoms with Crippen LogP contribution in [0.5, 0.6) is 0 Å². The van der Waals surface area contributed by atoms with Crippen molar-refractivity contribution < 1.29 is 13.9 Å².